The van der Waals surface area contributed by atoms with Gasteiger partial charge in [-0.1, -0.05) is 35.3 Å². The van der Waals surface area contributed by atoms with E-state index >= 15 is 0 Å². The summed E-state index contributed by atoms with van der Waals surface area (Å²) >= 11 is 12.5. The average Bonchev–Trinajstić information content (AvgIpc) is 2.61. The van der Waals surface area contributed by atoms with Gasteiger partial charge in [-0.15, -0.1) is 0 Å². The number of hydrogen-bond acceptors (Lipinski definition) is 4. The van der Waals surface area contributed by atoms with E-state index in [1.54, 1.807) is 29.2 Å². The van der Waals surface area contributed by atoms with E-state index in [9.17, 15) is 14.7 Å². The second-order valence-electron chi connectivity index (χ2n) is 6.40. The largest absolute Gasteiger partial charge is 0.480 e. The van der Waals surface area contributed by atoms with Crippen LogP contribution in [-0.4, -0.2) is 23.0 Å². The fraction of sp³-hybridized carbons (Fsp3) is 0.263. The smallest absolute Gasteiger partial charge is 0.326 e. The number of benzene rings is 2. The summed E-state index contributed by atoms with van der Waals surface area (Å²) in [5.41, 5.74) is 8.39. The average molecular weight is 408 g/mol. The van der Waals surface area contributed by atoms with Crippen molar-refractivity contribution in [2.24, 2.45) is 5.73 Å². The van der Waals surface area contributed by atoms with Crippen LogP contribution in [-0.2, 0) is 16.1 Å². The highest BCUT2D eigenvalue weighted by atomic mass is 35.5. The Balaban J connectivity index is 2.13. The lowest BCUT2D eigenvalue weighted by Gasteiger charge is -2.38. The zero-order valence-electron chi connectivity index (χ0n) is 14.6. The minimum atomic E-state index is -1.01. The molecular weight excluding hydrogens is 389 g/mol. The van der Waals surface area contributed by atoms with Crippen LogP contribution in [0.5, 0.6) is 0 Å². The van der Waals surface area contributed by atoms with Gasteiger partial charge in [0.25, 0.3) is 0 Å². The zero-order valence-corrected chi connectivity index (χ0v) is 16.1. The predicted octanol–water partition coefficient (Wildman–Crippen LogP) is 3.82. The maximum Gasteiger partial charge on any atom is 0.326 e. The van der Waals surface area contributed by atoms with Crippen LogP contribution in [0.15, 0.2) is 36.4 Å². The molecule has 0 spiro atoms. The molecular formula is C19H19Cl2N3O3. The van der Waals surface area contributed by atoms with Crippen LogP contribution < -0.4 is 16.0 Å². The molecule has 0 aliphatic carbocycles. The number of fused-ring (bicyclic) bond motifs is 1. The highest BCUT2D eigenvalue weighted by molar-refractivity contribution is 6.35. The summed E-state index contributed by atoms with van der Waals surface area (Å²) in [5, 5.41) is 13.2. The third-order valence-electron chi connectivity index (χ3n) is 4.62. The Kier molecular flexibility index (Phi) is 5.60. The van der Waals surface area contributed by atoms with Crippen molar-refractivity contribution in [3.8, 4) is 0 Å². The van der Waals surface area contributed by atoms with Gasteiger partial charge in [0, 0.05) is 46.9 Å². The maximum absolute atomic E-state index is 12.5. The molecule has 1 heterocycles. The molecule has 3 rings (SSSR count). The number of carbonyl (C=O) groups excluding carboxylic acids is 1. The first kappa shape index (κ1) is 19.5. The van der Waals surface area contributed by atoms with Crippen LogP contribution in [0.25, 0.3) is 0 Å². The van der Waals surface area contributed by atoms with E-state index in [0.29, 0.717) is 33.5 Å². The molecule has 2 unspecified atom stereocenters. The summed E-state index contributed by atoms with van der Waals surface area (Å²) in [4.78, 5) is 25.7. The number of nitrogens with one attached hydrogen (secondary N) is 1. The van der Waals surface area contributed by atoms with Gasteiger partial charge in [0.15, 0.2) is 0 Å². The first-order valence-electron chi connectivity index (χ1n) is 8.39. The number of nitrogens with two attached hydrogens (primary N) is 1. The number of carboxylic acid groups (broad SMARTS) is 1. The summed E-state index contributed by atoms with van der Waals surface area (Å²) in [7, 11) is 0. The fourth-order valence-corrected chi connectivity index (χ4v) is 4.02. The Bertz CT molecular complexity index is 887. The molecule has 2 aromatic carbocycles. The van der Waals surface area contributed by atoms with Crippen LogP contribution in [0.3, 0.4) is 0 Å². The number of rotatable bonds is 4. The lowest BCUT2D eigenvalue weighted by molar-refractivity contribution is -0.138. The molecule has 2 atom stereocenters. The van der Waals surface area contributed by atoms with Crippen LogP contribution >= 0.6 is 23.2 Å². The molecule has 1 amide bonds. The molecule has 6 nitrogen and oxygen atoms in total. The highest BCUT2D eigenvalue weighted by Crippen LogP contribution is 2.44. The summed E-state index contributed by atoms with van der Waals surface area (Å²) in [6, 6.07) is 9.07. The predicted molar refractivity (Wildman–Crippen MR) is 106 cm³/mol. The van der Waals surface area contributed by atoms with Gasteiger partial charge in [0.1, 0.15) is 6.04 Å². The number of nitrogens with zero attached hydrogens (tertiary/aromatic N) is 1. The van der Waals surface area contributed by atoms with Crippen molar-refractivity contribution >= 4 is 46.5 Å². The van der Waals surface area contributed by atoms with Crippen molar-refractivity contribution < 1.29 is 14.7 Å². The molecule has 1 aliphatic rings. The monoisotopic (exact) mass is 407 g/mol. The van der Waals surface area contributed by atoms with E-state index in [0.717, 1.165) is 5.56 Å². The number of halogens is 2. The van der Waals surface area contributed by atoms with Crippen LogP contribution in [0.4, 0.5) is 11.4 Å². The standard InChI is InChI=1S/C19H19Cl2N3O3/c1-10(25)24(13-4-2-11(9-22)3-5-13)17-8-16(19(26)27)23-15-7-12(20)6-14(21)18(15)17/h2-7,16-17,23H,8-9,22H2,1H3,(H,26,27). The molecule has 0 fully saturated rings. The van der Waals surface area contributed by atoms with Gasteiger partial charge in [-0.2, -0.15) is 0 Å². The van der Waals surface area contributed by atoms with Crippen LogP contribution in [0.1, 0.15) is 30.5 Å². The summed E-state index contributed by atoms with van der Waals surface area (Å²) in [5.74, 6) is -1.23. The number of carbonyl (C=O) groups is 2. The van der Waals surface area contributed by atoms with Gasteiger partial charge in [-0.3, -0.25) is 4.79 Å². The minimum absolute atomic E-state index is 0.169. The molecule has 1 aliphatic heterocycles. The quantitative estimate of drug-likeness (QED) is 0.715. The Morgan fingerprint density at radius 1 is 1.26 bits per heavy atom. The third-order valence-corrected chi connectivity index (χ3v) is 5.15. The van der Waals surface area contributed by atoms with Gasteiger partial charge in [-0.25, -0.2) is 4.79 Å². The lowest BCUT2D eigenvalue weighted by atomic mass is 9.91. The van der Waals surface area contributed by atoms with E-state index in [4.69, 9.17) is 28.9 Å². The number of carboxylic acids is 1. The molecule has 0 bridgehead atoms. The van der Waals surface area contributed by atoms with Crippen molar-refractivity contribution in [1.29, 1.82) is 0 Å². The first-order chi connectivity index (χ1) is 12.8. The Hall–Kier alpha value is -2.28. The van der Waals surface area contributed by atoms with Gasteiger partial charge in [0.05, 0.1) is 6.04 Å². The number of anilines is 2. The van der Waals surface area contributed by atoms with Crippen LogP contribution in [0.2, 0.25) is 10.0 Å². The highest BCUT2D eigenvalue weighted by Gasteiger charge is 2.37. The third kappa shape index (κ3) is 3.88. The zero-order chi connectivity index (χ0) is 19.7. The van der Waals surface area contributed by atoms with E-state index in [2.05, 4.69) is 5.32 Å². The van der Waals surface area contributed by atoms with E-state index in [1.165, 1.54) is 6.92 Å². The number of aliphatic carboxylic acids is 1. The molecule has 0 saturated heterocycles. The molecule has 0 saturated carbocycles. The number of hydrogen-bond donors (Lipinski definition) is 3. The molecule has 0 radical (unpaired) electrons. The van der Waals surface area contributed by atoms with E-state index in [-0.39, 0.29) is 12.3 Å². The summed E-state index contributed by atoms with van der Waals surface area (Å²) in [6.45, 7) is 1.83. The van der Waals surface area contributed by atoms with Gasteiger partial charge in [-0.05, 0) is 29.8 Å². The SMILES string of the molecule is CC(=O)N(c1ccc(CN)cc1)C1CC(C(=O)O)Nc2cc(Cl)cc(Cl)c21. The van der Waals surface area contributed by atoms with E-state index in [1.807, 2.05) is 12.1 Å². The lowest BCUT2D eigenvalue weighted by Crippen LogP contribution is -2.43. The molecule has 27 heavy (non-hydrogen) atoms. The second-order valence-corrected chi connectivity index (χ2v) is 7.24. The fourth-order valence-electron chi connectivity index (χ4n) is 3.40. The van der Waals surface area contributed by atoms with Crippen molar-refractivity contribution in [2.75, 3.05) is 10.2 Å². The molecule has 8 heteroatoms. The summed E-state index contributed by atoms with van der Waals surface area (Å²) in [6.07, 6.45) is 0.169. The maximum atomic E-state index is 12.5. The van der Waals surface area contributed by atoms with Gasteiger partial charge >= 0.3 is 5.97 Å². The Morgan fingerprint density at radius 3 is 2.48 bits per heavy atom. The second kappa shape index (κ2) is 7.76. The van der Waals surface area contributed by atoms with Gasteiger partial charge in [0.2, 0.25) is 5.91 Å². The number of amides is 1. The Labute approximate surface area is 166 Å². The van der Waals surface area contributed by atoms with Crippen LogP contribution in [0, 0.1) is 0 Å². The minimum Gasteiger partial charge on any atom is -0.480 e. The molecule has 2 aromatic rings. The molecule has 0 aromatic heterocycles. The summed E-state index contributed by atoms with van der Waals surface area (Å²) < 4.78 is 0. The first-order valence-corrected chi connectivity index (χ1v) is 9.14. The van der Waals surface area contributed by atoms with Crippen molar-refractivity contribution in [3.05, 3.63) is 57.6 Å². The van der Waals surface area contributed by atoms with Gasteiger partial charge < -0.3 is 21.1 Å². The molecule has 142 valence electrons. The van der Waals surface area contributed by atoms with Crippen molar-refractivity contribution in [3.63, 3.8) is 0 Å². The normalized spacial score (nSPS) is 18.4. The van der Waals surface area contributed by atoms with E-state index < -0.39 is 18.1 Å². The topological polar surface area (TPSA) is 95.7 Å². The van der Waals surface area contributed by atoms with Crippen molar-refractivity contribution in [2.45, 2.75) is 32.0 Å². The van der Waals surface area contributed by atoms with Crippen molar-refractivity contribution in [1.82, 2.24) is 0 Å². The molecule has 4 N–H and O–H groups in total. The Morgan fingerprint density at radius 2 is 1.93 bits per heavy atom.